The molecule has 0 radical (unpaired) electrons. The van der Waals surface area contributed by atoms with Crippen molar-refractivity contribution in [3.63, 3.8) is 0 Å². The molecule has 0 aliphatic carbocycles. The summed E-state index contributed by atoms with van der Waals surface area (Å²) in [4.78, 5) is 18.1. The van der Waals surface area contributed by atoms with Crippen LogP contribution in [0.2, 0.25) is 0 Å². The Labute approximate surface area is 106 Å². The third-order valence-electron chi connectivity index (χ3n) is 0.512. The van der Waals surface area contributed by atoms with Gasteiger partial charge in [0.15, 0.2) is 6.33 Å². The van der Waals surface area contributed by atoms with Crippen molar-refractivity contribution in [3.05, 3.63) is 25.3 Å². The van der Waals surface area contributed by atoms with E-state index in [1.54, 1.807) is 0 Å². The van der Waals surface area contributed by atoms with E-state index in [9.17, 15) is 22.4 Å². The molecule has 0 aliphatic heterocycles. The van der Waals surface area contributed by atoms with Crippen molar-refractivity contribution in [2.75, 3.05) is 6.61 Å². The highest BCUT2D eigenvalue weighted by Crippen LogP contribution is 1.93. The minimum absolute atomic E-state index is 0.250. The maximum Gasteiger partial charge on any atom is 0.505 e. The van der Waals surface area contributed by atoms with Crippen molar-refractivity contribution in [3.8, 4) is 0 Å². The predicted molar refractivity (Wildman–Crippen MR) is 57.6 cm³/mol. The van der Waals surface area contributed by atoms with Crippen molar-refractivity contribution in [2.24, 2.45) is 0 Å². The Kier molecular flexibility index (Phi) is 33.4. The van der Waals surface area contributed by atoms with Gasteiger partial charge in [-0.15, -0.1) is 0 Å². The van der Waals surface area contributed by atoms with Gasteiger partial charge in [0, 0.05) is 0 Å². The Balaban J connectivity index is -0.0000000833. The summed E-state index contributed by atoms with van der Waals surface area (Å²) in [5, 5.41) is 21.8. The molecular formula is C9H14F4O6. The molecule has 0 bridgehead atoms. The monoisotopic (exact) mass is 294 g/mol. The highest BCUT2D eigenvalue weighted by Gasteiger charge is 1.89. The van der Waals surface area contributed by atoms with E-state index in [2.05, 4.69) is 11.3 Å². The van der Waals surface area contributed by atoms with E-state index in [0.29, 0.717) is 6.61 Å². The number of hydrogen-bond acceptors (Lipinski definition) is 3. The summed E-state index contributed by atoms with van der Waals surface area (Å²) in [6.07, 6.45) is -5.07. The molecule has 0 rings (SSSR count). The Bertz CT molecular complexity index is 249. The van der Waals surface area contributed by atoms with Gasteiger partial charge in [-0.25, -0.2) is 18.4 Å². The molecule has 0 aromatic heterocycles. The van der Waals surface area contributed by atoms with Gasteiger partial charge in [-0.1, -0.05) is 13.5 Å². The molecule has 0 aromatic carbocycles. The van der Waals surface area contributed by atoms with Crippen LogP contribution < -0.4 is 0 Å². The Morgan fingerprint density at radius 2 is 1.47 bits per heavy atom. The lowest BCUT2D eigenvalue weighted by molar-refractivity contribution is 0.0917. The van der Waals surface area contributed by atoms with Crippen LogP contribution in [0.3, 0.4) is 0 Å². The van der Waals surface area contributed by atoms with E-state index in [4.69, 9.17) is 20.1 Å². The van der Waals surface area contributed by atoms with Crippen molar-refractivity contribution in [2.45, 2.75) is 13.3 Å². The molecule has 0 atom stereocenters. The number of ether oxygens (including phenoxy) is 1. The fourth-order valence-electron chi connectivity index (χ4n) is 0.189. The number of carboxylic acid groups (broad SMARTS) is 3. The molecule has 6 nitrogen and oxygen atoms in total. The van der Waals surface area contributed by atoms with Gasteiger partial charge >= 0.3 is 12.3 Å². The molecule has 0 saturated heterocycles. The average molecular weight is 294 g/mol. The van der Waals surface area contributed by atoms with Crippen LogP contribution in [0.4, 0.5) is 27.2 Å². The standard InChI is InChI=1S/C4H8O3.C2HF3.C2H3F.CH2O3/c1-2-3-7-4(5)6;3-1-2(4)5;1-2-3;2-1(3)4/h2-3H2,1H3,(H,5,6);1H;2H,1H2;(H2,2,3,4). The van der Waals surface area contributed by atoms with E-state index < -0.39 is 24.7 Å². The van der Waals surface area contributed by atoms with Gasteiger partial charge in [-0.3, -0.25) is 0 Å². The third kappa shape index (κ3) is 212. The van der Waals surface area contributed by atoms with E-state index in [1.807, 2.05) is 6.92 Å². The maximum absolute atomic E-state index is 10.2. The summed E-state index contributed by atoms with van der Waals surface area (Å²) in [6.45, 7) is 4.85. The second-order valence-corrected chi connectivity index (χ2v) is 1.95. The molecule has 10 heteroatoms. The van der Waals surface area contributed by atoms with Gasteiger partial charge in [0.1, 0.15) is 0 Å². The number of rotatable bonds is 2. The largest absolute Gasteiger partial charge is 0.505 e. The van der Waals surface area contributed by atoms with Crippen molar-refractivity contribution in [1.82, 2.24) is 0 Å². The highest BCUT2D eigenvalue weighted by atomic mass is 19.3. The predicted octanol–water partition coefficient (Wildman–Crippen LogP) is 4.11. The van der Waals surface area contributed by atoms with Gasteiger partial charge in [-0.05, 0) is 6.42 Å². The van der Waals surface area contributed by atoms with Gasteiger partial charge in [0.25, 0.3) is 6.08 Å². The first-order chi connectivity index (χ1) is 8.69. The first-order valence-electron chi connectivity index (χ1n) is 4.29. The van der Waals surface area contributed by atoms with E-state index in [-0.39, 0.29) is 6.33 Å². The number of hydrogen-bond donors (Lipinski definition) is 3. The summed E-state index contributed by atoms with van der Waals surface area (Å²) in [7, 11) is 0. The summed E-state index contributed by atoms with van der Waals surface area (Å²) >= 11 is 0. The molecule has 0 amide bonds. The zero-order chi connectivity index (χ0) is 16.3. The van der Waals surface area contributed by atoms with Gasteiger partial charge in [0.2, 0.25) is 0 Å². The van der Waals surface area contributed by atoms with Crippen LogP contribution in [-0.2, 0) is 4.74 Å². The summed E-state index contributed by atoms with van der Waals surface area (Å²) < 4.78 is 44.9. The minimum Gasteiger partial charge on any atom is -0.450 e. The summed E-state index contributed by atoms with van der Waals surface area (Å²) in [6, 6.07) is 0. The third-order valence-corrected chi connectivity index (χ3v) is 0.512. The number of halogens is 4. The molecule has 0 spiro atoms. The van der Waals surface area contributed by atoms with E-state index >= 15 is 0 Å². The average Bonchev–Trinajstić information content (AvgIpc) is 2.27. The Morgan fingerprint density at radius 3 is 1.53 bits per heavy atom. The lowest BCUT2D eigenvalue weighted by Crippen LogP contribution is -1.99. The molecule has 3 N–H and O–H groups in total. The second-order valence-electron chi connectivity index (χ2n) is 1.95. The first-order valence-corrected chi connectivity index (χ1v) is 4.29. The van der Waals surface area contributed by atoms with Gasteiger partial charge in [0.05, 0.1) is 12.9 Å². The molecule has 0 unspecified atom stereocenters. The topological polar surface area (TPSA) is 104 Å². The lowest BCUT2D eigenvalue weighted by atomic mass is 10.5. The molecular weight excluding hydrogens is 280 g/mol. The highest BCUT2D eigenvalue weighted by molar-refractivity contribution is 5.56. The minimum atomic E-state index is -2.29. The molecule has 0 heterocycles. The van der Waals surface area contributed by atoms with Crippen molar-refractivity contribution < 1.29 is 47.2 Å². The van der Waals surface area contributed by atoms with Crippen LogP contribution in [0.5, 0.6) is 0 Å². The van der Waals surface area contributed by atoms with E-state index in [1.165, 1.54) is 0 Å². The van der Waals surface area contributed by atoms with Crippen LogP contribution in [0, 0.1) is 0 Å². The van der Waals surface area contributed by atoms with Crippen molar-refractivity contribution >= 4 is 12.3 Å². The van der Waals surface area contributed by atoms with Gasteiger partial charge < -0.3 is 20.1 Å². The van der Waals surface area contributed by atoms with Crippen LogP contribution in [-0.4, -0.2) is 34.2 Å². The fraction of sp³-hybridized carbons (Fsp3) is 0.333. The smallest absolute Gasteiger partial charge is 0.450 e. The SMILES string of the molecule is C=CF.CCCOC(=O)O.FC=C(F)F.O=C(O)O. The zero-order valence-electron chi connectivity index (χ0n) is 9.85. The van der Waals surface area contributed by atoms with Crippen LogP contribution >= 0.6 is 0 Å². The normalized spacial score (nSPS) is 6.79. The Hall–Kier alpha value is -2.26. The molecule has 0 fully saturated rings. The Morgan fingerprint density at radius 1 is 1.21 bits per heavy atom. The quantitative estimate of drug-likeness (QED) is 0.523. The van der Waals surface area contributed by atoms with Gasteiger partial charge in [-0.2, -0.15) is 8.78 Å². The van der Waals surface area contributed by atoms with Crippen LogP contribution in [0.25, 0.3) is 0 Å². The zero-order valence-corrected chi connectivity index (χ0v) is 9.85. The van der Waals surface area contributed by atoms with Crippen LogP contribution in [0.1, 0.15) is 13.3 Å². The molecule has 0 aliphatic rings. The molecule has 0 aromatic rings. The summed E-state index contributed by atoms with van der Waals surface area (Å²) in [5.41, 5.74) is 0. The first kappa shape index (κ1) is 25.6. The van der Waals surface area contributed by atoms with E-state index in [0.717, 1.165) is 6.42 Å². The maximum atomic E-state index is 10.2. The van der Waals surface area contributed by atoms with Crippen LogP contribution in [0.15, 0.2) is 25.3 Å². The number of carbonyl (C=O) groups is 2. The lowest BCUT2D eigenvalue weighted by Gasteiger charge is -1.91. The second kappa shape index (κ2) is 24.8. The fourth-order valence-corrected chi connectivity index (χ4v) is 0.189. The molecule has 114 valence electrons. The summed E-state index contributed by atoms with van der Waals surface area (Å²) in [5.74, 6) is 0. The molecule has 0 saturated carbocycles. The van der Waals surface area contributed by atoms with Crippen molar-refractivity contribution in [1.29, 1.82) is 0 Å². The molecule has 19 heavy (non-hydrogen) atoms.